The first-order valence-electron chi connectivity index (χ1n) is 9.38. The lowest BCUT2D eigenvalue weighted by molar-refractivity contribution is -0.372. The maximum atomic E-state index is 12.5. The highest BCUT2D eigenvalue weighted by atomic mass is 16.4. The molecule has 0 aromatic carbocycles. The molecule has 10 fully saturated rings. The number of rotatable bonds is 1. The number of carboxylic acids is 1. The molecule has 10 rings (SSSR count). The molecule has 11 atom stereocenters. The highest BCUT2D eigenvalue weighted by molar-refractivity contribution is 5.77. The first-order valence-corrected chi connectivity index (χ1v) is 9.38. The monoisotopic (exact) mass is 284 g/mol. The van der Waals surface area contributed by atoms with E-state index in [0.29, 0.717) is 17.3 Å². The van der Waals surface area contributed by atoms with Crippen LogP contribution in [0.5, 0.6) is 0 Å². The molecule has 21 heavy (non-hydrogen) atoms. The van der Waals surface area contributed by atoms with Crippen molar-refractivity contribution in [3.63, 3.8) is 0 Å². The van der Waals surface area contributed by atoms with Crippen molar-refractivity contribution in [3.05, 3.63) is 0 Å². The van der Waals surface area contributed by atoms with Gasteiger partial charge in [-0.05, 0) is 104 Å². The number of aliphatic carboxylic acids is 1. The molecule has 0 amide bonds. The Kier molecular flexibility index (Phi) is 1.49. The SMILES string of the molecule is O=C(O)C12CC3CC4C5C6CC7CC(C6CC41)C2C5(C7)C3. The van der Waals surface area contributed by atoms with Gasteiger partial charge in [0.1, 0.15) is 0 Å². The van der Waals surface area contributed by atoms with Crippen molar-refractivity contribution in [3.8, 4) is 0 Å². The smallest absolute Gasteiger partial charge is 0.310 e. The fourth-order valence-corrected chi connectivity index (χ4v) is 10.8. The second kappa shape index (κ2) is 2.83. The molecular weight excluding hydrogens is 260 g/mol. The minimum absolute atomic E-state index is 0.267. The Labute approximate surface area is 125 Å². The Morgan fingerprint density at radius 2 is 1.62 bits per heavy atom. The summed E-state index contributed by atoms with van der Waals surface area (Å²) in [4.78, 5) is 12.5. The van der Waals surface area contributed by atoms with E-state index in [1.807, 2.05) is 0 Å². The van der Waals surface area contributed by atoms with Gasteiger partial charge in [0, 0.05) is 0 Å². The maximum absolute atomic E-state index is 12.5. The molecule has 0 aliphatic heterocycles. The van der Waals surface area contributed by atoms with Crippen LogP contribution in [-0.4, -0.2) is 11.1 Å². The van der Waals surface area contributed by atoms with Crippen LogP contribution in [0.3, 0.4) is 0 Å². The van der Waals surface area contributed by atoms with Crippen LogP contribution in [0.25, 0.3) is 0 Å². The largest absolute Gasteiger partial charge is 0.481 e. The van der Waals surface area contributed by atoms with Crippen LogP contribution in [0, 0.1) is 64.1 Å². The summed E-state index contributed by atoms with van der Waals surface area (Å²) in [7, 11) is 0. The van der Waals surface area contributed by atoms with Gasteiger partial charge in [-0.3, -0.25) is 4.79 Å². The van der Waals surface area contributed by atoms with E-state index in [0.717, 1.165) is 47.8 Å². The van der Waals surface area contributed by atoms with Crippen molar-refractivity contribution >= 4 is 5.97 Å². The van der Waals surface area contributed by atoms with Gasteiger partial charge in [0.2, 0.25) is 0 Å². The molecule has 0 aromatic heterocycles. The van der Waals surface area contributed by atoms with Gasteiger partial charge in [0.25, 0.3) is 0 Å². The third-order valence-corrected chi connectivity index (χ3v) is 10.2. The lowest BCUT2D eigenvalue weighted by atomic mass is 9.19. The predicted molar refractivity (Wildman–Crippen MR) is 76.2 cm³/mol. The van der Waals surface area contributed by atoms with E-state index >= 15 is 0 Å². The quantitative estimate of drug-likeness (QED) is 0.801. The second-order valence-corrected chi connectivity index (χ2v) is 10.1. The summed E-state index contributed by atoms with van der Waals surface area (Å²) in [5.74, 6) is 7.07. The zero-order valence-corrected chi connectivity index (χ0v) is 12.5. The summed E-state index contributed by atoms with van der Waals surface area (Å²) >= 11 is 0. The Morgan fingerprint density at radius 3 is 2.48 bits per heavy atom. The normalized spacial score (nSPS) is 73.6. The van der Waals surface area contributed by atoms with Gasteiger partial charge in [0.05, 0.1) is 5.41 Å². The van der Waals surface area contributed by atoms with Gasteiger partial charge < -0.3 is 5.11 Å². The zero-order chi connectivity index (χ0) is 13.7. The van der Waals surface area contributed by atoms with Gasteiger partial charge in [-0.2, -0.15) is 0 Å². The van der Waals surface area contributed by atoms with Gasteiger partial charge in [-0.1, -0.05) is 0 Å². The minimum atomic E-state index is -0.379. The molecule has 11 unspecified atom stereocenters. The van der Waals surface area contributed by atoms with E-state index in [4.69, 9.17) is 0 Å². The molecule has 10 aliphatic carbocycles. The Hall–Kier alpha value is -0.530. The van der Waals surface area contributed by atoms with Crippen LogP contribution in [0.15, 0.2) is 0 Å². The molecule has 0 radical (unpaired) electrons. The predicted octanol–water partition coefficient (Wildman–Crippen LogP) is 3.42. The standard InChI is InChI=1S/C19H24O2/c20-17(21)19-7-9-3-13-14(19)4-10-11-1-8-2-12(10)16(19)18(5-8,6-9)15(11)13/h8-16H,1-7H2,(H,20,21). The molecule has 112 valence electrons. The lowest BCUT2D eigenvalue weighted by Gasteiger charge is -2.85. The number of carboxylic acid groups (broad SMARTS) is 1. The molecule has 2 nitrogen and oxygen atoms in total. The minimum Gasteiger partial charge on any atom is -0.481 e. The van der Waals surface area contributed by atoms with Crippen molar-refractivity contribution in [1.29, 1.82) is 0 Å². The summed E-state index contributed by atoms with van der Waals surface area (Å²) in [5.41, 5.74) is 0.241. The van der Waals surface area contributed by atoms with Gasteiger partial charge in [-0.25, -0.2) is 0 Å². The summed E-state index contributed by atoms with van der Waals surface area (Å²) in [5, 5.41) is 10.3. The van der Waals surface area contributed by atoms with Crippen LogP contribution in [0.2, 0.25) is 0 Å². The molecule has 2 heteroatoms. The fourth-order valence-electron chi connectivity index (χ4n) is 10.8. The van der Waals surface area contributed by atoms with Crippen LogP contribution in [0.4, 0.5) is 0 Å². The lowest BCUT2D eigenvalue weighted by Crippen LogP contribution is -2.81. The van der Waals surface area contributed by atoms with E-state index in [9.17, 15) is 9.90 Å². The summed E-state index contributed by atoms with van der Waals surface area (Å²) in [6, 6.07) is 0. The third-order valence-electron chi connectivity index (χ3n) is 10.2. The fraction of sp³-hybridized carbons (Fsp3) is 0.947. The van der Waals surface area contributed by atoms with Crippen molar-refractivity contribution < 1.29 is 9.90 Å². The molecule has 1 spiro atoms. The third kappa shape index (κ3) is 0.833. The summed E-state index contributed by atoms with van der Waals surface area (Å²) in [6.07, 6.45) is 9.53. The molecular formula is C19H24O2. The Bertz CT molecular complexity index is 594. The van der Waals surface area contributed by atoms with E-state index in [2.05, 4.69) is 0 Å². The van der Waals surface area contributed by atoms with Crippen molar-refractivity contribution in [1.82, 2.24) is 0 Å². The number of carbonyl (C=O) groups is 1. The van der Waals surface area contributed by atoms with Crippen LogP contribution in [-0.2, 0) is 4.79 Å². The van der Waals surface area contributed by atoms with Crippen molar-refractivity contribution in [2.24, 2.45) is 64.1 Å². The number of hydrogen-bond acceptors (Lipinski definition) is 1. The molecule has 0 aromatic rings. The van der Waals surface area contributed by atoms with Gasteiger partial charge >= 0.3 is 5.97 Å². The van der Waals surface area contributed by atoms with Crippen LogP contribution in [0.1, 0.15) is 44.9 Å². The van der Waals surface area contributed by atoms with Crippen molar-refractivity contribution in [2.45, 2.75) is 44.9 Å². The van der Waals surface area contributed by atoms with E-state index in [1.165, 1.54) is 38.5 Å². The first kappa shape index (κ1) is 11.1. The zero-order valence-electron chi connectivity index (χ0n) is 12.5. The van der Waals surface area contributed by atoms with E-state index in [-0.39, 0.29) is 11.4 Å². The number of hydrogen-bond donors (Lipinski definition) is 1. The van der Waals surface area contributed by atoms with E-state index in [1.54, 1.807) is 0 Å². The highest BCUT2D eigenvalue weighted by Gasteiger charge is 2.83. The molecule has 0 saturated heterocycles. The first-order chi connectivity index (χ1) is 10.1. The summed E-state index contributed by atoms with van der Waals surface area (Å²) in [6.45, 7) is 0. The molecule has 0 heterocycles. The molecule has 10 saturated carbocycles. The van der Waals surface area contributed by atoms with E-state index < -0.39 is 0 Å². The molecule has 1 N–H and O–H groups in total. The maximum Gasteiger partial charge on any atom is 0.310 e. The van der Waals surface area contributed by atoms with Crippen molar-refractivity contribution in [2.75, 3.05) is 0 Å². The Morgan fingerprint density at radius 1 is 0.857 bits per heavy atom. The Balaban J connectivity index is 1.57. The van der Waals surface area contributed by atoms with Gasteiger partial charge in [-0.15, -0.1) is 0 Å². The average Bonchev–Trinajstić information content (AvgIpc) is 2.44. The van der Waals surface area contributed by atoms with Crippen LogP contribution >= 0.6 is 0 Å². The van der Waals surface area contributed by atoms with Gasteiger partial charge in [0.15, 0.2) is 0 Å². The average molecular weight is 284 g/mol. The molecule has 10 aliphatic rings. The highest BCUT2D eigenvalue weighted by Crippen LogP contribution is 2.87. The second-order valence-electron chi connectivity index (χ2n) is 10.1. The summed E-state index contributed by atoms with van der Waals surface area (Å²) < 4.78 is 0. The topological polar surface area (TPSA) is 37.3 Å². The molecule has 11 bridgehead atoms. The van der Waals surface area contributed by atoms with Crippen LogP contribution < -0.4 is 0 Å².